The van der Waals surface area contributed by atoms with Crippen molar-refractivity contribution in [2.45, 2.75) is 26.6 Å². The van der Waals surface area contributed by atoms with Gasteiger partial charge in [0.2, 0.25) is 0 Å². The molecule has 1 heterocycles. The normalized spacial score (nSPS) is 11.1. The number of ether oxygens (including phenoxy) is 3. The molecule has 20 heavy (non-hydrogen) atoms. The van der Waals surface area contributed by atoms with Gasteiger partial charge < -0.3 is 14.2 Å². The van der Waals surface area contributed by atoms with E-state index in [1.165, 1.54) is 20.2 Å². The molecule has 0 saturated heterocycles. The number of halogens is 3. The van der Waals surface area contributed by atoms with Gasteiger partial charge >= 0.3 is 12.3 Å². The van der Waals surface area contributed by atoms with Crippen LogP contribution >= 0.6 is 0 Å². The summed E-state index contributed by atoms with van der Waals surface area (Å²) in [5.41, 5.74) is 0.169. The third-order valence-corrected chi connectivity index (χ3v) is 2.28. The van der Waals surface area contributed by atoms with E-state index in [2.05, 4.69) is 9.72 Å². The molecule has 1 aromatic heterocycles. The first-order valence-electron chi connectivity index (χ1n) is 5.72. The lowest BCUT2D eigenvalue weighted by molar-refractivity contribution is -0.275. The van der Waals surface area contributed by atoms with Gasteiger partial charge in [-0.3, -0.25) is 9.78 Å². The average Bonchev–Trinajstić information content (AvgIpc) is 2.32. The monoisotopic (exact) mass is 293 g/mol. The van der Waals surface area contributed by atoms with E-state index < -0.39 is 18.1 Å². The summed E-state index contributed by atoms with van der Waals surface area (Å²) < 4.78 is 50.6. The maximum Gasteiger partial charge on any atom is 0.573 e. The molecule has 0 atom stereocenters. The standard InChI is InChI=1S/C12H14F3NO4/c1-4-19-9(17)5-8-11(18-3)10(7(2)6-16-8)20-12(13,14)15/h6H,4-5H2,1-3H3. The fourth-order valence-electron chi connectivity index (χ4n) is 1.53. The maximum absolute atomic E-state index is 12.4. The van der Waals surface area contributed by atoms with Crippen LogP contribution in [-0.4, -0.2) is 31.0 Å². The van der Waals surface area contributed by atoms with Crippen LogP contribution in [0.4, 0.5) is 13.2 Å². The number of carbonyl (C=O) groups is 1. The second-order valence-corrected chi connectivity index (χ2v) is 3.78. The van der Waals surface area contributed by atoms with E-state index in [-0.39, 0.29) is 30.0 Å². The lowest BCUT2D eigenvalue weighted by atomic mass is 10.2. The summed E-state index contributed by atoms with van der Waals surface area (Å²) in [5.74, 6) is -1.34. The lowest BCUT2D eigenvalue weighted by Crippen LogP contribution is -2.19. The first-order chi connectivity index (χ1) is 9.28. The predicted octanol–water partition coefficient (Wildman–Crippen LogP) is 2.40. The van der Waals surface area contributed by atoms with Gasteiger partial charge in [0, 0.05) is 11.8 Å². The van der Waals surface area contributed by atoms with Crippen LogP contribution in [0.1, 0.15) is 18.2 Å². The van der Waals surface area contributed by atoms with Crippen molar-refractivity contribution in [2.24, 2.45) is 0 Å². The zero-order valence-corrected chi connectivity index (χ0v) is 11.2. The molecule has 0 aliphatic heterocycles. The first kappa shape index (κ1) is 16.1. The molecule has 0 spiro atoms. The Bertz CT molecular complexity index is 488. The highest BCUT2D eigenvalue weighted by Crippen LogP contribution is 2.37. The van der Waals surface area contributed by atoms with Crippen LogP contribution in [-0.2, 0) is 16.0 Å². The van der Waals surface area contributed by atoms with Crippen molar-refractivity contribution in [2.75, 3.05) is 13.7 Å². The molecular formula is C12H14F3NO4. The molecule has 0 radical (unpaired) electrons. The van der Waals surface area contributed by atoms with Crippen LogP contribution in [0.3, 0.4) is 0 Å². The molecule has 0 aliphatic rings. The third kappa shape index (κ3) is 4.29. The van der Waals surface area contributed by atoms with Crippen molar-refractivity contribution >= 4 is 5.97 Å². The fourth-order valence-corrected chi connectivity index (χ4v) is 1.53. The molecule has 0 bridgehead atoms. The van der Waals surface area contributed by atoms with Gasteiger partial charge in [-0.05, 0) is 13.8 Å². The molecule has 5 nitrogen and oxygen atoms in total. The van der Waals surface area contributed by atoms with Gasteiger partial charge in [0.05, 0.1) is 25.8 Å². The van der Waals surface area contributed by atoms with Gasteiger partial charge in [0.1, 0.15) is 0 Å². The fraction of sp³-hybridized carbons (Fsp3) is 0.500. The van der Waals surface area contributed by atoms with E-state index >= 15 is 0 Å². The number of hydrogen-bond donors (Lipinski definition) is 0. The van der Waals surface area contributed by atoms with Crippen molar-refractivity contribution in [3.8, 4) is 11.5 Å². The number of aromatic nitrogens is 1. The van der Waals surface area contributed by atoms with E-state index in [1.807, 2.05) is 0 Å². The van der Waals surface area contributed by atoms with E-state index in [9.17, 15) is 18.0 Å². The summed E-state index contributed by atoms with van der Waals surface area (Å²) in [6.45, 7) is 3.18. The van der Waals surface area contributed by atoms with E-state index in [0.29, 0.717) is 0 Å². The Balaban J connectivity index is 3.14. The summed E-state index contributed by atoms with van der Waals surface area (Å²) in [6.07, 6.45) is -3.98. The number of nitrogens with zero attached hydrogens (tertiary/aromatic N) is 1. The second-order valence-electron chi connectivity index (χ2n) is 3.78. The van der Waals surface area contributed by atoms with Crippen LogP contribution in [0.15, 0.2) is 6.20 Å². The van der Waals surface area contributed by atoms with Crippen molar-refractivity contribution < 1.29 is 32.2 Å². The van der Waals surface area contributed by atoms with Gasteiger partial charge in [-0.25, -0.2) is 0 Å². The van der Waals surface area contributed by atoms with Crippen LogP contribution in [0, 0.1) is 6.92 Å². The molecule has 1 rings (SSSR count). The Hall–Kier alpha value is -1.99. The van der Waals surface area contributed by atoms with E-state index in [4.69, 9.17) is 9.47 Å². The van der Waals surface area contributed by atoms with Crippen molar-refractivity contribution in [1.29, 1.82) is 0 Å². The minimum Gasteiger partial charge on any atom is -0.491 e. The molecular weight excluding hydrogens is 279 g/mol. The number of methoxy groups -OCH3 is 1. The highest BCUT2D eigenvalue weighted by Gasteiger charge is 2.34. The van der Waals surface area contributed by atoms with Crippen molar-refractivity contribution in [1.82, 2.24) is 4.98 Å². The Kier molecular flexibility index (Phi) is 5.18. The summed E-state index contributed by atoms with van der Waals surface area (Å²) in [7, 11) is 1.17. The number of aryl methyl sites for hydroxylation is 1. The molecule has 0 unspecified atom stereocenters. The smallest absolute Gasteiger partial charge is 0.491 e. The third-order valence-electron chi connectivity index (χ3n) is 2.28. The number of alkyl halides is 3. The van der Waals surface area contributed by atoms with Gasteiger partial charge in [-0.2, -0.15) is 0 Å². The van der Waals surface area contributed by atoms with Gasteiger partial charge in [0.15, 0.2) is 11.5 Å². The molecule has 112 valence electrons. The van der Waals surface area contributed by atoms with Gasteiger partial charge in [0.25, 0.3) is 0 Å². The Morgan fingerprint density at radius 1 is 1.35 bits per heavy atom. The Morgan fingerprint density at radius 2 is 2.00 bits per heavy atom. The minimum absolute atomic E-state index is 0.0239. The first-order valence-corrected chi connectivity index (χ1v) is 5.72. The molecule has 0 fully saturated rings. The minimum atomic E-state index is -4.86. The van der Waals surface area contributed by atoms with Crippen LogP contribution in [0.5, 0.6) is 11.5 Å². The quantitative estimate of drug-likeness (QED) is 0.780. The molecule has 0 aliphatic carbocycles. The maximum atomic E-state index is 12.4. The molecule has 0 saturated carbocycles. The van der Waals surface area contributed by atoms with Gasteiger partial charge in [-0.15, -0.1) is 13.2 Å². The summed E-state index contributed by atoms with van der Waals surface area (Å²) >= 11 is 0. The lowest BCUT2D eigenvalue weighted by Gasteiger charge is -2.16. The van der Waals surface area contributed by atoms with Crippen LogP contribution < -0.4 is 9.47 Å². The molecule has 8 heteroatoms. The summed E-state index contributed by atoms with van der Waals surface area (Å²) in [5, 5.41) is 0. The highest BCUT2D eigenvalue weighted by atomic mass is 19.4. The molecule has 0 aromatic carbocycles. The van der Waals surface area contributed by atoms with Crippen LogP contribution in [0.2, 0.25) is 0 Å². The number of rotatable bonds is 5. The largest absolute Gasteiger partial charge is 0.573 e. The van der Waals surface area contributed by atoms with Crippen LogP contribution in [0.25, 0.3) is 0 Å². The number of carbonyl (C=O) groups excluding carboxylic acids is 1. The summed E-state index contributed by atoms with van der Waals surface area (Å²) in [4.78, 5) is 15.3. The number of hydrogen-bond acceptors (Lipinski definition) is 5. The summed E-state index contributed by atoms with van der Waals surface area (Å²) in [6, 6.07) is 0. The predicted molar refractivity (Wildman–Crippen MR) is 62.5 cm³/mol. The van der Waals surface area contributed by atoms with Gasteiger partial charge in [-0.1, -0.05) is 0 Å². The van der Waals surface area contributed by atoms with Crippen molar-refractivity contribution in [3.05, 3.63) is 17.5 Å². The average molecular weight is 293 g/mol. The molecule has 0 amide bonds. The highest BCUT2D eigenvalue weighted by molar-refractivity contribution is 5.73. The topological polar surface area (TPSA) is 57.7 Å². The van der Waals surface area contributed by atoms with E-state index in [1.54, 1.807) is 6.92 Å². The van der Waals surface area contributed by atoms with E-state index in [0.717, 1.165) is 0 Å². The SMILES string of the molecule is CCOC(=O)Cc1ncc(C)c(OC(F)(F)F)c1OC. The number of esters is 1. The van der Waals surface area contributed by atoms with Crippen molar-refractivity contribution in [3.63, 3.8) is 0 Å². The Morgan fingerprint density at radius 3 is 2.50 bits per heavy atom. The zero-order chi connectivity index (χ0) is 15.3. The Labute approximate surface area is 113 Å². The molecule has 1 aromatic rings. The zero-order valence-electron chi connectivity index (χ0n) is 11.2. The number of pyridine rings is 1. The molecule has 0 N–H and O–H groups in total. The second kappa shape index (κ2) is 6.44.